The Labute approximate surface area is 104 Å². The van der Waals surface area contributed by atoms with E-state index in [4.69, 9.17) is 5.14 Å². The molecule has 1 aromatic carbocycles. The largest absolute Gasteiger partial charge is 0.241 e. The van der Waals surface area contributed by atoms with Crippen molar-refractivity contribution in [3.63, 3.8) is 0 Å². The second-order valence-electron chi connectivity index (χ2n) is 3.91. The van der Waals surface area contributed by atoms with Gasteiger partial charge in [-0.25, -0.2) is 22.6 Å². The van der Waals surface area contributed by atoms with E-state index >= 15 is 0 Å². The van der Waals surface area contributed by atoms with Gasteiger partial charge in [-0.1, -0.05) is 12.1 Å². The molecule has 0 amide bonds. The molecule has 0 unspecified atom stereocenters. The highest BCUT2D eigenvalue weighted by Crippen LogP contribution is 2.22. The van der Waals surface area contributed by atoms with Crippen LogP contribution < -0.4 is 5.14 Å². The second kappa shape index (κ2) is 4.18. The van der Waals surface area contributed by atoms with Gasteiger partial charge in [-0.15, -0.1) is 0 Å². The monoisotopic (exact) mass is 269 g/mol. The highest BCUT2D eigenvalue weighted by molar-refractivity contribution is 7.89. The molecule has 1 aromatic heterocycles. The third kappa shape index (κ3) is 2.02. The molecule has 7 heteroatoms. The number of aromatic nitrogens is 2. The van der Waals surface area contributed by atoms with E-state index in [9.17, 15) is 12.8 Å². The summed E-state index contributed by atoms with van der Waals surface area (Å²) < 4.78 is 37.8. The fourth-order valence-corrected chi connectivity index (χ4v) is 2.85. The minimum Gasteiger partial charge on any atom is -0.233 e. The quantitative estimate of drug-likeness (QED) is 0.892. The minimum atomic E-state index is -3.87. The van der Waals surface area contributed by atoms with Crippen LogP contribution in [0.25, 0.3) is 5.69 Å². The van der Waals surface area contributed by atoms with Gasteiger partial charge in [-0.05, 0) is 26.0 Å². The second-order valence-corrected chi connectivity index (χ2v) is 5.41. The Hall–Kier alpha value is -1.73. The van der Waals surface area contributed by atoms with E-state index < -0.39 is 15.8 Å². The molecule has 0 aliphatic heterocycles. The lowest BCUT2D eigenvalue weighted by Crippen LogP contribution is -2.14. The zero-order valence-electron chi connectivity index (χ0n) is 9.88. The molecule has 5 nitrogen and oxygen atoms in total. The van der Waals surface area contributed by atoms with Crippen molar-refractivity contribution >= 4 is 10.0 Å². The number of nitrogens with two attached hydrogens (primary N) is 1. The topological polar surface area (TPSA) is 78.0 Å². The zero-order chi connectivity index (χ0) is 13.5. The SMILES string of the molecule is Cc1nn(-c2ccccc2F)c(C)c1S(N)(=O)=O. The van der Waals surface area contributed by atoms with Crippen molar-refractivity contribution in [2.45, 2.75) is 18.7 Å². The van der Waals surface area contributed by atoms with E-state index in [2.05, 4.69) is 5.10 Å². The summed E-state index contributed by atoms with van der Waals surface area (Å²) in [5.41, 5.74) is 0.728. The van der Waals surface area contributed by atoms with E-state index in [1.165, 1.54) is 30.7 Å². The summed E-state index contributed by atoms with van der Waals surface area (Å²) in [6, 6.07) is 5.99. The van der Waals surface area contributed by atoms with Crippen LogP contribution in [0.2, 0.25) is 0 Å². The number of aryl methyl sites for hydroxylation is 1. The van der Waals surface area contributed by atoms with Crippen LogP contribution in [0.4, 0.5) is 4.39 Å². The van der Waals surface area contributed by atoms with Gasteiger partial charge in [0.25, 0.3) is 0 Å². The van der Waals surface area contributed by atoms with E-state index in [0.717, 1.165) is 0 Å². The van der Waals surface area contributed by atoms with Gasteiger partial charge >= 0.3 is 0 Å². The molecule has 0 aliphatic rings. The number of sulfonamides is 1. The van der Waals surface area contributed by atoms with Crippen molar-refractivity contribution in [3.05, 3.63) is 41.5 Å². The van der Waals surface area contributed by atoms with Crippen LogP contribution >= 0.6 is 0 Å². The number of nitrogens with zero attached hydrogens (tertiary/aromatic N) is 2. The molecule has 2 aromatic rings. The molecule has 2 N–H and O–H groups in total. The maximum atomic E-state index is 13.7. The summed E-state index contributed by atoms with van der Waals surface area (Å²) in [5.74, 6) is -0.482. The summed E-state index contributed by atoms with van der Waals surface area (Å²) in [5, 5.41) is 9.14. The average Bonchev–Trinajstić information content (AvgIpc) is 2.54. The Bertz CT molecular complexity index is 707. The fourth-order valence-electron chi connectivity index (χ4n) is 1.90. The first-order valence-electron chi connectivity index (χ1n) is 5.16. The van der Waals surface area contributed by atoms with Crippen molar-refractivity contribution < 1.29 is 12.8 Å². The molecular weight excluding hydrogens is 257 g/mol. The highest BCUT2D eigenvalue weighted by atomic mass is 32.2. The van der Waals surface area contributed by atoms with E-state index in [1.54, 1.807) is 12.1 Å². The van der Waals surface area contributed by atoms with Gasteiger partial charge in [-0.3, -0.25) is 0 Å². The lowest BCUT2D eigenvalue weighted by molar-refractivity contribution is 0.595. The number of rotatable bonds is 2. The molecular formula is C11H12FN3O2S. The van der Waals surface area contributed by atoms with Crippen LogP contribution in [0, 0.1) is 19.7 Å². The smallest absolute Gasteiger partial charge is 0.233 e. The number of halogens is 1. The van der Waals surface area contributed by atoms with Crippen molar-refractivity contribution in [1.29, 1.82) is 0 Å². The number of primary sulfonamides is 1. The van der Waals surface area contributed by atoms with Crippen LogP contribution in [0.5, 0.6) is 0 Å². The molecule has 0 saturated heterocycles. The maximum absolute atomic E-state index is 13.7. The van der Waals surface area contributed by atoms with Crippen molar-refractivity contribution in [2.24, 2.45) is 5.14 Å². The van der Waals surface area contributed by atoms with Crippen LogP contribution in [-0.4, -0.2) is 18.2 Å². The van der Waals surface area contributed by atoms with Crippen LogP contribution in [-0.2, 0) is 10.0 Å². The van der Waals surface area contributed by atoms with E-state index in [0.29, 0.717) is 5.69 Å². The Balaban J connectivity index is 2.74. The Morgan fingerprint density at radius 3 is 2.39 bits per heavy atom. The van der Waals surface area contributed by atoms with Crippen LogP contribution in [0.1, 0.15) is 11.4 Å². The van der Waals surface area contributed by atoms with Gasteiger partial charge in [0, 0.05) is 0 Å². The molecule has 0 bridgehead atoms. The number of para-hydroxylation sites is 1. The summed E-state index contributed by atoms with van der Waals surface area (Å²) in [4.78, 5) is -0.0641. The van der Waals surface area contributed by atoms with Gasteiger partial charge < -0.3 is 0 Å². The molecule has 96 valence electrons. The van der Waals surface area contributed by atoms with Crippen LogP contribution in [0.3, 0.4) is 0 Å². The molecule has 1 heterocycles. The molecule has 0 radical (unpaired) electrons. The molecule has 2 rings (SSSR count). The number of benzene rings is 1. The first kappa shape index (κ1) is 12.7. The summed E-state index contributed by atoms with van der Waals surface area (Å²) in [7, 11) is -3.87. The summed E-state index contributed by atoms with van der Waals surface area (Å²) in [6.07, 6.45) is 0. The van der Waals surface area contributed by atoms with Gasteiger partial charge in [-0.2, -0.15) is 5.10 Å². The third-order valence-corrected chi connectivity index (χ3v) is 3.75. The molecule has 18 heavy (non-hydrogen) atoms. The predicted octanol–water partition coefficient (Wildman–Crippen LogP) is 1.28. The van der Waals surface area contributed by atoms with Crippen molar-refractivity contribution in [1.82, 2.24) is 9.78 Å². The average molecular weight is 269 g/mol. The van der Waals surface area contributed by atoms with Crippen LogP contribution in [0.15, 0.2) is 29.2 Å². The standard InChI is InChI=1S/C11H12FN3O2S/c1-7-11(18(13,16)17)8(2)15(14-7)10-6-4-3-5-9(10)12/h3-6H,1-2H3,(H2,13,16,17). The Morgan fingerprint density at radius 1 is 1.28 bits per heavy atom. The van der Waals surface area contributed by atoms with Crippen molar-refractivity contribution in [3.8, 4) is 5.69 Å². The number of hydrogen-bond acceptors (Lipinski definition) is 3. The van der Waals surface area contributed by atoms with Gasteiger partial charge in [0.1, 0.15) is 16.4 Å². The normalized spacial score (nSPS) is 11.8. The Morgan fingerprint density at radius 2 is 1.89 bits per heavy atom. The summed E-state index contributed by atoms with van der Waals surface area (Å²) >= 11 is 0. The highest BCUT2D eigenvalue weighted by Gasteiger charge is 2.22. The van der Waals surface area contributed by atoms with Gasteiger partial charge in [0.2, 0.25) is 10.0 Å². The fraction of sp³-hybridized carbons (Fsp3) is 0.182. The first-order valence-corrected chi connectivity index (χ1v) is 6.71. The molecule has 0 atom stereocenters. The third-order valence-electron chi connectivity index (χ3n) is 2.59. The zero-order valence-corrected chi connectivity index (χ0v) is 10.7. The first-order chi connectivity index (χ1) is 8.32. The lowest BCUT2D eigenvalue weighted by Gasteiger charge is -2.05. The maximum Gasteiger partial charge on any atom is 0.241 e. The summed E-state index contributed by atoms with van der Waals surface area (Å²) in [6.45, 7) is 3.05. The number of hydrogen-bond donors (Lipinski definition) is 1. The Kier molecular flexibility index (Phi) is 2.95. The minimum absolute atomic E-state index is 0.0641. The van der Waals surface area contributed by atoms with E-state index in [-0.39, 0.29) is 16.3 Å². The molecule has 0 aliphatic carbocycles. The predicted molar refractivity (Wildman–Crippen MR) is 64.4 cm³/mol. The van der Waals surface area contributed by atoms with Gasteiger partial charge in [0.15, 0.2) is 0 Å². The van der Waals surface area contributed by atoms with Gasteiger partial charge in [0.05, 0.1) is 11.4 Å². The van der Waals surface area contributed by atoms with E-state index in [1.807, 2.05) is 0 Å². The molecule has 0 fully saturated rings. The van der Waals surface area contributed by atoms with Crippen molar-refractivity contribution in [2.75, 3.05) is 0 Å². The lowest BCUT2D eigenvalue weighted by atomic mass is 10.3. The molecule has 0 saturated carbocycles. The molecule has 0 spiro atoms.